The number of amides is 7. The van der Waals surface area contributed by atoms with Crippen LogP contribution in [0, 0.1) is 0 Å². The molecule has 3 fully saturated rings. The van der Waals surface area contributed by atoms with Gasteiger partial charge >= 0.3 is 24.0 Å². The molecule has 15 atom stereocenters. The number of nitrogens with two attached hydrogens (primary N) is 3. The summed E-state index contributed by atoms with van der Waals surface area (Å²) in [6, 6.07) is 5.64. The molecular weight excluding hydrogens is 1430 g/mol. The zero-order valence-corrected chi connectivity index (χ0v) is 61.9. The van der Waals surface area contributed by atoms with Crippen molar-refractivity contribution in [1.29, 1.82) is 0 Å². The van der Waals surface area contributed by atoms with Gasteiger partial charge < -0.3 is 147 Å². The van der Waals surface area contributed by atoms with Crippen molar-refractivity contribution < 1.29 is 140 Å². The number of benzene rings is 1. The number of hydrogen-bond acceptors (Lipinski definition) is 32. The van der Waals surface area contributed by atoms with Crippen LogP contribution in [0.5, 0.6) is 0 Å². The second-order valence-corrected chi connectivity index (χ2v) is 26.2. The van der Waals surface area contributed by atoms with Crippen LogP contribution in [0.15, 0.2) is 30.3 Å². The number of hydrogen-bond donors (Lipinski definition) is 16. The number of alkyl carbamates (subject to hydrolysis) is 1. The Kier molecular flexibility index (Phi) is 45.8. The lowest BCUT2D eigenvalue weighted by atomic mass is 9.98. The highest BCUT2D eigenvalue weighted by atomic mass is 16.7. The first kappa shape index (κ1) is 93.4. The standard InChI is InChI=1S/C69H116N10O29/c1-43(80)102-37-47-59(89)62(92)56(70)65(106-47)99-30-10-7-18-50(83)73-24-13-27-76-53(86)21-33-96-40-69(79-68(95)105-36-46-16-5-4-6-17-46,41-97-34-22-54(87)77-28-14-25-74-51(84)19-8-11-31-100-66-57(71)63(93)60(90)48(107-66)38-103-44(2)81)42-98-35-23-55(88)78-29-15-26-75-52(85)20-9-12-32-101-67-58(72)64(94)61(91)49(108-67)39-104-45(3)82/h4-6,16-17,47-49,56-67,89-94H,7-15,18-42,70-72H2,1-3H3,(H,73,83)(H,74,84)(H,75,85)(H,76,86)(H,77,87)(H,78,88)(H,79,95)/t47?,48?,49?,56-,57-,58?,59-,60-,61-,62?,63?,64+,65+,66+,67+,69?/m0/s1. The van der Waals surface area contributed by atoms with Gasteiger partial charge in [0, 0.05) is 118 Å². The Labute approximate surface area is 627 Å². The van der Waals surface area contributed by atoms with E-state index in [4.69, 9.17) is 78.8 Å². The van der Waals surface area contributed by atoms with Crippen LogP contribution in [0.4, 0.5) is 4.79 Å². The fraction of sp³-hybridized carbons (Fsp3) is 0.768. The highest BCUT2D eigenvalue weighted by Gasteiger charge is 2.46. The minimum atomic E-state index is -1.54. The number of carbonyl (C=O) groups is 10. The molecule has 1 aromatic carbocycles. The number of rotatable bonds is 54. The van der Waals surface area contributed by atoms with E-state index in [2.05, 4.69) is 37.2 Å². The molecule has 0 saturated carbocycles. The van der Waals surface area contributed by atoms with Crippen LogP contribution in [-0.4, -0.2) is 306 Å². The molecule has 1 aromatic rings. The third kappa shape index (κ3) is 38.1. The van der Waals surface area contributed by atoms with Gasteiger partial charge in [0.15, 0.2) is 18.9 Å². The van der Waals surface area contributed by atoms with E-state index in [0.717, 1.165) is 0 Å². The van der Waals surface area contributed by atoms with Gasteiger partial charge in [0.05, 0.1) is 57.8 Å². The SMILES string of the molecule is CC(=O)OCC1O[C@@H](OCCCCC(=O)NCCCNC(=O)CCOCC(COCCC(=O)NCCCNC(=O)CCCCO[C@@H]2OC(COC(C)=O)[C@H](O)[C@H](O)C2N)(COCCC(=O)NCCCNC(=O)CCCCO[C@@H]2OC(COC(C)=O)[C@H](O)C(O)[C@@H]2N)NC(=O)OCc2ccccc2)[C@@H](N)C(O)[C@H]1O. The normalized spacial score (nSPS) is 24.5. The predicted octanol–water partition coefficient (Wildman–Crippen LogP) is -4.69. The number of unbranched alkanes of at least 4 members (excludes halogenated alkanes) is 3. The second kappa shape index (κ2) is 53.0. The van der Waals surface area contributed by atoms with Crippen LogP contribution in [0.25, 0.3) is 0 Å². The largest absolute Gasteiger partial charge is 0.463 e. The van der Waals surface area contributed by atoms with E-state index in [9.17, 15) is 78.6 Å². The van der Waals surface area contributed by atoms with Gasteiger partial charge in [0.25, 0.3) is 0 Å². The zero-order chi connectivity index (χ0) is 79.2. The van der Waals surface area contributed by atoms with E-state index in [0.29, 0.717) is 63.4 Å². The summed E-state index contributed by atoms with van der Waals surface area (Å²) in [5.41, 5.74) is 17.1. The summed E-state index contributed by atoms with van der Waals surface area (Å²) in [6.07, 6.45) is -11.8. The average molecular weight is 1550 g/mol. The monoisotopic (exact) mass is 1550 g/mol. The molecule has 3 saturated heterocycles. The minimum absolute atomic E-state index is 0.119. The molecule has 0 aliphatic carbocycles. The Morgan fingerprint density at radius 2 is 0.667 bits per heavy atom. The van der Waals surface area contributed by atoms with Crippen molar-refractivity contribution in [3.63, 3.8) is 0 Å². The molecule has 0 spiro atoms. The smallest absolute Gasteiger partial charge is 0.408 e. The maximum atomic E-state index is 13.6. The molecule has 0 bridgehead atoms. The number of esters is 3. The molecule has 616 valence electrons. The van der Waals surface area contributed by atoms with Crippen LogP contribution in [-0.2, 0) is 111 Å². The van der Waals surface area contributed by atoms with E-state index in [-0.39, 0.29) is 199 Å². The number of nitrogens with one attached hydrogen (secondary N) is 7. The first-order valence-electron chi connectivity index (χ1n) is 36.6. The van der Waals surface area contributed by atoms with Crippen molar-refractivity contribution in [3.05, 3.63) is 35.9 Å². The summed E-state index contributed by atoms with van der Waals surface area (Å²) in [6.45, 7) is 2.89. The molecule has 19 N–H and O–H groups in total. The number of aliphatic hydroxyl groups excluding tert-OH is 6. The molecule has 3 aliphatic rings. The fourth-order valence-corrected chi connectivity index (χ4v) is 10.7. The van der Waals surface area contributed by atoms with Crippen molar-refractivity contribution in [2.24, 2.45) is 17.2 Å². The van der Waals surface area contributed by atoms with Crippen molar-refractivity contribution in [2.45, 2.75) is 221 Å². The van der Waals surface area contributed by atoms with Crippen molar-refractivity contribution in [2.75, 3.05) is 119 Å². The Hall–Kier alpha value is -7.00. The Morgan fingerprint density at radius 1 is 0.380 bits per heavy atom. The molecule has 108 heavy (non-hydrogen) atoms. The van der Waals surface area contributed by atoms with Crippen LogP contribution in [0.2, 0.25) is 0 Å². The van der Waals surface area contributed by atoms with E-state index >= 15 is 0 Å². The highest BCUT2D eigenvalue weighted by Crippen LogP contribution is 2.25. The van der Waals surface area contributed by atoms with Crippen LogP contribution < -0.4 is 54.4 Å². The first-order valence-corrected chi connectivity index (χ1v) is 36.6. The quantitative estimate of drug-likeness (QED) is 0.0166. The van der Waals surface area contributed by atoms with Gasteiger partial charge in [-0.1, -0.05) is 30.3 Å². The number of ether oxygens (including phenoxy) is 13. The molecular formula is C69H116N10O29. The van der Waals surface area contributed by atoms with Crippen LogP contribution >= 0.6 is 0 Å². The second-order valence-electron chi connectivity index (χ2n) is 26.2. The first-order chi connectivity index (χ1) is 51.7. The predicted molar refractivity (Wildman–Crippen MR) is 376 cm³/mol. The Balaban J connectivity index is 1.22. The number of carbonyl (C=O) groups excluding carboxylic acids is 10. The summed E-state index contributed by atoms with van der Waals surface area (Å²) in [7, 11) is 0. The Bertz CT molecular complexity index is 2580. The third-order valence-corrected chi connectivity index (χ3v) is 17.0. The van der Waals surface area contributed by atoms with Gasteiger partial charge in [0.1, 0.15) is 86.9 Å². The average Bonchev–Trinajstić information content (AvgIpc) is 0.827. The number of aliphatic hydroxyl groups is 6. The van der Waals surface area contributed by atoms with Gasteiger partial charge in [-0.25, -0.2) is 4.79 Å². The summed E-state index contributed by atoms with van der Waals surface area (Å²) < 4.78 is 72.2. The van der Waals surface area contributed by atoms with Crippen molar-refractivity contribution in [3.8, 4) is 0 Å². The molecule has 0 aromatic heterocycles. The molecule has 3 aliphatic heterocycles. The lowest BCUT2D eigenvalue weighted by Crippen LogP contribution is -2.62. The van der Waals surface area contributed by atoms with Crippen molar-refractivity contribution in [1.82, 2.24) is 37.2 Å². The van der Waals surface area contributed by atoms with Crippen LogP contribution in [0.3, 0.4) is 0 Å². The fourth-order valence-electron chi connectivity index (χ4n) is 10.7. The maximum absolute atomic E-state index is 13.6. The summed E-state index contributed by atoms with van der Waals surface area (Å²) in [4.78, 5) is 124. The molecule has 39 nitrogen and oxygen atoms in total. The summed E-state index contributed by atoms with van der Waals surface area (Å²) >= 11 is 0. The molecule has 4 rings (SSSR count). The molecule has 39 heteroatoms. The lowest BCUT2D eigenvalue weighted by molar-refractivity contribution is -0.267. The lowest BCUT2D eigenvalue weighted by Gasteiger charge is -2.40. The minimum Gasteiger partial charge on any atom is -0.463 e. The Morgan fingerprint density at radius 3 is 0.954 bits per heavy atom. The van der Waals surface area contributed by atoms with Crippen LogP contribution in [0.1, 0.15) is 123 Å². The highest BCUT2D eigenvalue weighted by molar-refractivity contribution is 5.78. The van der Waals surface area contributed by atoms with Gasteiger partial charge in [0.2, 0.25) is 35.4 Å². The van der Waals surface area contributed by atoms with Gasteiger partial charge in [-0.15, -0.1) is 0 Å². The van der Waals surface area contributed by atoms with Gasteiger partial charge in [-0.3, -0.25) is 43.2 Å². The molecule has 7 amide bonds. The third-order valence-electron chi connectivity index (χ3n) is 17.0. The van der Waals surface area contributed by atoms with E-state index in [1.54, 1.807) is 30.3 Å². The molecule has 6 unspecified atom stereocenters. The summed E-state index contributed by atoms with van der Waals surface area (Å²) in [5, 5.41) is 81.3. The van der Waals surface area contributed by atoms with E-state index in [1.165, 1.54) is 20.8 Å². The zero-order valence-electron chi connectivity index (χ0n) is 61.9. The van der Waals surface area contributed by atoms with Crippen molar-refractivity contribution >= 4 is 59.4 Å². The summed E-state index contributed by atoms with van der Waals surface area (Å²) in [5.74, 6) is -3.65. The van der Waals surface area contributed by atoms with E-state index in [1.807, 2.05) is 0 Å². The molecule has 0 radical (unpaired) electrons. The van der Waals surface area contributed by atoms with E-state index < -0.39 is 121 Å². The van der Waals surface area contributed by atoms with Gasteiger partial charge in [-0.05, 0) is 63.4 Å². The molecule has 3 heterocycles. The maximum Gasteiger partial charge on any atom is 0.408 e. The van der Waals surface area contributed by atoms with Gasteiger partial charge in [-0.2, -0.15) is 0 Å². The topological polar surface area (TPSA) is 574 Å².